The molecule has 0 saturated carbocycles. The number of carbonyl (C=O) groups excluding carboxylic acids is 1. The van der Waals surface area contributed by atoms with Crippen LogP contribution in [0, 0.1) is 0 Å². The smallest absolute Gasteiger partial charge is 0.309 e. The summed E-state index contributed by atoms with van der Waals surface area (Å²) in [7, 11) is 0. The van der Waals surface area contributed by atoms with Gasteiger partial charge in [-0.3, -0.25) is 4.79 Å². The van der Waals surface area contributed by atoms with Crippen molar-refractivity contribution in [3.05, 3.63) is 12.2 Å². The molecule has 5 N–H and O–H groups in total. The van der Waals surface area contributed by atoms with E-state index in [-0.39, 0.29) is 0 Å². The molecule has 5 heteroatoms. The highest BCUT2D eigenvalue weighted by atomic mass is 16.7. The summed E-state index contributed by atoms with van der Waals surface area (Å²) in [6.07, 6.45) is 0. The van der Waals surface area contributed by atoms with Gasteiger partial charge in [0, 0.05) is 0 Å². The molecule has 0 atom stereocenters. The first kappa shape index (κ1) is 8.09. The summed E-state index contributed by atoms with van der Waals surface area (Å²) >= 11 is 0. The Hall–Kier alpha value is -0.910. The molecule has 0 saturated heterocycles. The first-order valence-corrected chi connectivity index (χ1v) is 2.02. The predicted molar refractivity (Wildman–Crippen MR) is 27.7 cm³/mol. The van der Waals surface area contributed by atoms with Crippen LogP contribution < -0.4 is 5.73 Å². The molecule has 9 heavy (non-hydrogen) atoms. The number of rotatable bonds is 2. The number of hydrogen-bond acceptors (Lipinski definition) is 4. The molecule has 0 aliphatic carbocycles. The van der Waals surface area contributed by atoms with E-state index < -0.39 is 17.5 Å². The first-order valence-electron chi connectivity index (χ1n) is 2.02. The standard InChI is InChI=1S/C4H7NO4/c1-2(3(5)6)4(7,8)9/h7-9H,1H2,(H2,5,6). The van der Waals surface area contributed by atoms with Gasteiger partial charge in [0.2, 0.25) is 0 Å². The Morgan fingerprint density at radius 1 is 1.44 bits per heavy atom. The maximum absolute atomic E-state index is 9.99. The van der Waals surface area contributed by atoms with Crippen LogP contribution in [0.5, 0.6) is 0 Å². The lowest BCUT2D eigenvalue weighted by atomic mass is 10.2. The topological polar surface area (TPSA) is 104 Å². The van der Waals surface area contributed by atoms with Crippen molar-refractivity contribution in [1.82, 2.24) is 0 Å². The second-order valence-electron chi connectivity index (χ2n) is 1.48. The zero-order valence-electron chi connectivity index (χ0n) is 4.53. The van der Waals surface area contributed by atoms with E-state index in [0.717, 1.165) is 0 Å². The Balaban J connectivity index is 4.23. The van der Waals surface area contributed by atoms with Crippen LogP contribution >= 0.6 is 0 Å². The molecule has 0 fully saturated rings. The van der Waals surface area contributed by atoms with Gasteiger partial charge in [0.1, 0.15) is 0 Å². The van der Waals surface area contributed by atoms with E-state index >= 15 is 0 Å². The SMILES string of the molecule is C=C(C(N)=O)C(O)(O)O. The number of amides is 1. The Bertz CT molecular complexity index is 145. The fourth-order valence-corrected chi connectivity index (χ4v) is 0.165. The fraction of sp³-hybridized carbons (Fsp3) is 0.250. The van der Waals surface area contributed by atoms with Crippen molar-refractivity contribution >= 4 is 5.91 Å². The number of nitrogens with two attached hydrogens (primary N) is 1. The van der Waals surface area contributed by atoms with E-state index in [4.69, 9.17) is 15.3 Å². The fourth-order valence-electron chi connectivity index (χ4n) is 0.165. The second-order valence-corrected chi connectivity index (χ2v) is 1.48. The van der Waals surface area contributed by atoms with E-state index in [1.165, 1.54) is 0 Å². The Morgan fingerprint density at radius 2 is 1.78 bits per heavy atom. The van der Waals surface area contributed by atoms with Crippen LogP contribution in [0.3, 0.4) is 0 Å². The monoisotopic (exact) mass is 133 g/mol. The lowest BCUT2D eigenvalue weighted by Crippen LogP contribution is -2.36. The summed E-state index contributed by atoms with van der Waals surface area (Å²) in [5.74, 6) is -4.35. The minimum atomic E-state index is -3.19. The van der Waals surface area contributed by atoms with Crippen molar-refractivity contribution in [2.75, 3.05) is 0 Å². The normalized spacial score (nSPS) is 11.0. The van der Waals surface area contributed by atoms with Crippen LogP contribution in [0.15, 0.2) is 12.2 Å². The van der Waals surface area contributed by atoms with Gasteiger partial charge >= 0.3 is 5.97 Å². The van der Waals surface area contributed by atoms with Gasteiger partial charge in [0.15, 0.2) is 0 Å². The van der Waals surface area contributed by atoms with Crippen LogP contribution in [0.1, 0.15) is 0 Å². The largest absolute Gasteiger partial charge is 0.366 e. The van der Waals surface area contributed by atoms with Gasteiger partial charge in [0.05, 0.1) is 5.57 Å². The van der Waals surface area contributed by atoms with Gasteiger partial charge < -0.3 is 21.1 Å². The molecule has 1 amide bonds. The maximum atomic E-state index is 9.99. The molecule has 0 aromatic rings. The van der Waals surface area contributed by atoms with E-state index in [9.17, 15) is 4.79 Å². The van der Waals surface area contributed by atoms with Crippen LogP contribution in [0.4, 0.5) is 0 Å². The third-order valence-electron chi connectivity index (χ3n) is 0.702. The molecule has 0 spiro atoms. The lowest BCUT2D eigenvalue weighted by molar-refractivity contribution is -0.280. The van der Waals surface area contributed by atoms with Crippen molar-refractivity contribution in [2.45, 2.75) is 5.97 Å². The van der Waals surface area contributed by atoms with E-state index in [1.54, 1.807) is 0 Å². The van der Waals surface area contributed by atoms with Gasteiger partial charge in [0.25, 0.3) is 5.91 Å². The van der Waals surface area contributed by atoms with Gasteiger partial charge in [-0.1, -0.05) is 6.58 Å². The second kappa shape index (κ2) is 2.14. The Kier molecular flexibility index (Phi) is 1.92. The van der Waals surface area contributed by atoms with Gasteiger partial charge in [-0.2, -0.15) is 0 Å². The molecule has 0 unspecified atom stereocenters. The molecule has 0 aliphatic rings. The summed E-state index contributed by atoms with van der Waals surface area (Å²) in [6.45, 7) is 2.80. The highest BCUT2D eigenvalue weighted by Crippen LogP contribution is 2.04. The third-order valence-corrected chi connectivity index (χ3v) is 0.702. The van der Waals surface area contributed by atoms with E-state index in [2.05, 4.69) is 12.3 Å². The number of carbonyl (C=O) groups is 1. The average molecular weight is 133 g/mol. The van der Waals surface area contributed by atoms with E-state index in [1.807, 2.05) is 0 Å². The van der Waals surface area contributed by atoms with Crippen molar-refractivity contribution in [2.24, 2.45) is 5.73 Å². The van der Waals surface area contributed by atoms with Crippen molar-refractivity contribution in [3.63, 3.8) is 0 Å². The summed E-state index contributed by atoms with van der Waals surface area (Å²) in [6, 6.07) is 0. The molecule has 0 heterocycles. The van der Waals surface area contributed by atoms with Crippen molar-refractivity contribution < 1.29 is 20.1 Å². The first-order chi connectivity index (χ1) is 3.85. The molecule has 52 valence electrons. The quantitative estimate of drug-likeness (QED) is 0.250. The van der Waals surface area contributed by atoms with Crippen molar-refractivity contribution in [1.29, 1.82) is 0 Å². The molecule has 0 rings (SSSR count). The van der Waals surface area contributed by atoms with Crippen LogP contribution in [0.25, 0.3) is 0 Å². The number of hydrogen-bond donors (Lipinski definition) is 4. The zero-order chi connectivity index (χ0) is 7.65. The van der Waals surface area contributed by atoms with Gasteiger partial charge in [-0.25, -0.2) is 0 Å². The molecular formula is C4H7NO4. The molecule has 0 aromatic carbocycles. The Labute approximate surface area is 51.0 Å². The third kappa shape index (κ3) is 2.22. The predicted octanol–water partition coefficient (Wildman–Crippen LogP) is -2.34. The maximum Gasteiger partial charge on any atom is 0.309 e. The average Bonchev–Trinajstić information content (AvgIpc) is 1.62. The summed E-state index contributed by atoms with van der Waals surface area (Å²) < 4.78 is 0. The summed E-state index contributed by atoms with van der Waals surface area (Å²) in [4.78, 5) is 9.99. The molecule has 5 nitrogen and oxygen atoms in total. The Morgan fingerprint density at radius 3 is 1.78 bits per heavy atom. The molecular weight excluding hydrogens is 126 g/mol. The highest BCUT2D eigenvalue weighted by Gasteiger charge is 2.26. The van der Waals surface area contributed by atoms with Crippen LogP contribution in [0.2, 0.25) is 0 Å². The minimum Gasteiger partial charge on any atom is -0.366 e. The van der Waals surface area contributed by atoms with Crippen LogP contribution in [-0.2, 0) is 4.79 Å². The molecule has 0 bridgehead atoms. The zero-order valence-corrected chi connectivity index (χ0v) is 4.53. The van der Waals surface area contributed by atoms with Gasteiger partial charge in [-0.15, -0.1) is 0 Å². The molecule has 0 aliphatic heterocycles. The lowest BCUT2D eigenvalue weighted by Gasteiger charge is -2.12. The molecule has 0 aromatic heterocycles. The molecule has 0 radical (unpaired) electrons. The summed E-state index contributed by atoms with van der Waals surface area (Å²) in [5, 5.41) is 24.5. The number of aliphatic hydroxyl groups is 3. The summed E-state index contributed by atoms with van der Waals surface area (Å²) in [5.41, 5.74) is 3.64. The van der Waals surface area contributed by atoms with E-state index in [0.29, 0.717) is 0 Å². The van der Waals surface area contributed by atoms with Gasteiger partial charge in [-0.05, 0) is 0 Å². The number of primary amides is 1. The van der Waals surface area contributed by atoms with Crippen LogP contribution in [-0.4, -0.2) is 27.2 Å². The minimum absolute atomic E-state index is 0.859. The van der Waals surface area contributed by atoms with Crippen molar-refractivity contribution in [3.8, 4) is 0 Å². The highest BCUT2D eigenvalue weighted by molar-refractivity contribution is 5.92.